The van der Waals surface area contributed by atoms with Crippen LogP contribution in [0.25, 0.3) is 0 Å². The molecule has 6 heteroatoms. The van der Waals surface area contributed by atoms with Crippen molar-refractivity contribution in [1.82, 2.24) is 5.43 Å². The van der Waals surface area contributed by atoms with Crippen molar-refractivity contribution in [2.75, 3.05) is 13.7 Å². The van der Waals surface area contributed by atoms with E-state index in [9.17, 15) is 13.2 Å². The average Bonchev–Trinajstić information content (AvgIpc) is 2.36. The highest BCUT2D eigenvalue weighted by molar-refractivity contribution is 5.32. The number of hydrazine groups is 1. The summed E-state index contributed by atoms with van der Waals surface area (Å²) in [4.78, 5) is 0. The van der Waals surface area contributed by atoms with E-state index >= 15 is 0 Å². The lowest BCUT2D eigenvalue weighted by Crippen LogP contribution is -2.34. The zero-order valence-electron chi connectivity index (χ0n) is 11.0. The van der Waals surface area contributed by atoms with Crippen molar-refractivity contribution < 1.29 is 17.9 Å². The molecule has 0 heterocycles. The van der Waals surface area contributed by atoms with Gasteiger partial charge in [0.15, 0.2) is 0 Å². The summed E-state index contributed by atoms with van der Waals surface area (Å²) in [5, 5.41) is 0. The van der Waals surface area contributed by atoms with Gasteiger partial charge in [0.25, 0.3) is 0 Å². The number of nitrogens with one attached hydrogen (secondary N) is 1. The van der Waals surface area contributed by atoms with Crippen molar-refractivity contribution in [1.29, 1.82) is 0 Å². The van der Waals surface area contributed by atoms with Gasteiger partial charge < -0.3 is 4.74 Å². The maximum atomic E-state index is 13.0. The van der Waals surface area contributed by atoms with Crippen LogP contribution in [0.2, 0.25) is 0 Å². The lowest BCUT2D eigenvalue weighted by atomic mass is 9.89. The molecule has 0 fully saturated rings. The van der Waals surface area contributed by atoms with Gasteiger partial charge in [-0.25, -0.2) is 0 Å². The molecular formula is C13H19F3N2O. The normalized spacial score (nSPS) is 15.3. The van der Waals surface area contributed by atoms with E-state index in [4.69, 9.17) is 10.6 Å². The summed E-state index contributed by atoms with van der Waals surface area (Å²) in [5.41, 5.74) is 2.00. The van der Waals surface area contributed by atoms with Crippen LogP contribution in [-0.4, -0.2) is 13.7 Å². The first-order chi connectivity index (χ1) is 8.91. The van der Waals surface area contributed by atoms with Gasteiger partial charge in [-0.1, -0.05) is 25.1 Å². The number of methoxy groups -OCH3 is 1. The summed E-state index contributed by atoms with van der Waals surface area (Å²) < 4.78 is 43.9. The molecule has 1 aromatic carbocycles. The zero-order valence-corrected chi connectivity index (χ0v) is 11.0. The van der Waals surface area contributed by atoms with E-state index in [2.05, 4.69) is 5.43 Å². The molecule has 0 aliphatic carbocycles. The Morgan fingerprint density at radius 3 is 2.47 bits per heavy atom. The maximum absolute atomic E-state index is 13.0. The molecule has 0 bridgehead atoms. The van der Waals surface area contributed by atoms with Gasteiger partial charge in [-0.05, 0) is 24.0 Å². The molecule has 0 spiro atoms. The number of hydrogen-bond acceptors (Lipinski definition) is 3. The molecule has 0 saturated carbocycles. The fraction of sp³-hybridized carbons (Fsp3) is 0.538. The standard InChI is InChI=1S/C13H19F3N2O/c1-9(7-8-19-2)12(18-17)10-5-3-4-6-11(10)13(14,15)16/h3-6,9,12,18H,7-8,17H2,1-2H3. The molecule has 108 valence electrons. The molecule has 1 aromatic rings. The van der Waals surface area contributed by atoms with Gasteiger partial charge in [-0.3, -0.25) is 11.3 Å². The first-order valence-corrected chi connectivity index (χ1v) is 6.03. The van der Waals surface area contributed by atoms with Crippen molar-refractivity contribution in [2.45, 2.75) is 25.6 Å². The van der Waals surface area contributed by atoms with E-state index < -0.39 is 17.8 Å². The van der Waals surface area contributed by atoms with E-state index in [1.165, 1.54) is 12.1 Å². The Kier molecular flexibility index (Phi) is 5.78. The summed E-state index contributed by atoms with van der Waals surface area (Å²) in [6, 6.07) is 4.92. The lowest BCUT2D eigenvalue weighted by molar-refractivity contribution is -0.138. The number of halogens is 3. The number of hydrogen-bond donors (Lipinski definition) is 2. The van der Waals surface area contributed by atoms with Crippen molar-refractivity contribution in [3.63, 3.8) is 0 Å². The second kappa shape index (κ2) is 6.88. The van der Waals surface area contributed by atoms with E-state index in [1.54, 1.807) is 13.2 Å². The maximum Gasteiger partial charge on any atom is 0.416 e. The van der Waals surface area contributed by atoms with Crippen LogP contribution in [0, 0.1) is 5.92 Å². The van der Waals surface area contributed by atoms with Gasteiger partial charge in [-0.15, -0.1) is 0 Å². The topological polar surface area (TPSA) is 47.3 Å². The number of benzene rings is 1. The number of nitrogens with two attached hydrogens (primary N) is 1. The summed E-state index contributed by atoms with van der Waals surface area (Å²) >= 11 is 0. The number of rotatable bonds is 6. The van der Waals surface area contributed by atoms with Crippen LogP contribution in [-0.2, 0) is 10.9 Å². The minimum Gasteiger partial charge on any atom is -0.385 e. The molecule has 0 saturated heterocycles. The Bertz CT molecular complexity index is 396. The third-order valence-electron chi connectivity index (χ3n) is 3.13. The second-order valence-corrected chi connectivity index (χ2v) is 4.49. The van der Waals surface area contributed by atoms with E-state index in [0.717, 1.165) is 6.07 Å². The van der Waals surface area contributed by atoms with Crippen LogP contribution in [0.15, 0.2) is 24.3 Å². The van der Waals surface area contributed by atoms with Gasteiger partial charge in [0.05, 0.1) is 5.56 Å². The predicted molar refractivity (Wildman–Crippen MR) is 67.2 cm³/mol. The van der Waals surface area contributed by atoms with Crippen molar-refractivity contribution in [2.24, 2.45) is 11.8 Å². The summed E-state index contributed by atoms with van der Waals surface area (Å²) in [6.07, 6.45) is -3.76. The molecule has 1 rings (SSSR count). The van der Waals surface area contributed by atoms with Gasteiger partial charge in [-0.2, -0.15) is 13.2 Å². The zero-order chi connectivity index (χ0) is 14.5. The Morgan fingerprint density at radius 1 is 1.32 bits per heavy atom. The molecule has 0 aliphatic rings. The summed E-state index contributed by atoms with van der Waals surface area (Å²) in [7, 11) is 1.56. The quantitative estimate of drug-likeness (QED) is 0.620. The van der Waals surface area contributed by atoms with E-state index in [0.29, 0.717) is 13.0 Å². The highest BCUT2D eigenvalue weighted by Gasteiger charge is 2.35. The van der Waals surface area contributed by atoms with E-state index in [1.807, 2.05) is 6.92 Å². The van der Waals surface area contributed by atoms with Gasteiger partial charge in [0, 0.05) is 19.8 Å². The largest absolute Gasteiger partial charge is 0.416 e. The number of ether oxygens (including phenoxy) is 1. The fourth-order valence-electron chi connectivity index (χ4n) is 2.06. The minimum absolute atomic E-state index is 0.0755. The highest BCUT2D eigenvalue weighted by atomic mass is 19.4. The lowest BCUT2D eigenvalue weighted by Gasteiger charge is -2.26. The molecule has 2 unspecified atom stereocenters. The Morgan fingerprint density at radius 2 is 1.95 bits per heavy atom. The monoisotopic (exact) mass is 276 g/mol. The minimum atomic E-state index is -4.38. The van der Waals surface area contributed by atoms with E-state index in [-0.39, 0.29) is 11.5 Å². The molecule has 0 radical (unpaired) electrons. The van der Waals surface area contributed by atoms with Crippen LogP contribution >= 0.6 is 0 Å². The SMILES string of the molecule is COCCC(C)C(NN)c1ccccc1C(F)(F)F. The molecule has 3 N–H and O–H groups in total. The average molecular weight is 276 g/mol. The van der Waals surface area contributed by atoms with Gasteiger partial charge in [0.2, 0.25) is 0 Å². The van der Waals surface area contributed by atoms with Crippen LogP contribution < -0.4 is 11.3 Å². The van der Waals surface area contributed by atoms with Crippen molar-refractivity contribution >= 4 is 0 Å². The molecule has 0 aromatic heterocycles. The molecule has 0 aliphatic heterocycles. The first-order valence-electron chi connectivity index (χ1n) is 6.03. The van der Waals surface area contributed by atoms with Crippen LogP contribution in [0.5, 0.6) is 0 Å². The fourth-order valence-corrected chi connectivity index (χ4v) is 2.06. The summed E-state index contributed by atoms with van der Waals surface area (Å²) in [5.74, 6) is 5.36. The molecule has 2 atom stereocenters. The predicted octanol–water partition coefficient (Wildman–Crippen LogP) is 2.88. The van der Waals surface area contributed by atoms with Crippen molar-refractivity contribution in [3.8, 4) is 0 Å². The molecule has 19 heavy (non-hydrogen) atoms. The summed E-state index contributed by atoms with van der Waals surface area (Å²) in [6.45, 7) is 2.32. The van der Waals surface area contributed by atoms with Crippen LogP contribution in [0.3, 0.4) is 0 Å². The Hall–Kier alpha value is -1.11. The van der Waals surface area contributed by atoms with Gasteiger partial charge in [0.1, 0.15) is 0 Å². The Labute approximate surface area is 110 Å². The highest BCUT2D eigenvalue weighted by Crippen LogP contribution is 2.36. The van der Waals surface area contributed by atoms with Crippen LogP contribution in [0.1, 0.15) is 30.5 Å². The molecular weight excluding hydrogens is 257 g/mol. The molecule has 0 amide bonds. The van der Waals surface area contributed by atoms with Crippen LogP contribution in [0.4, 0.5) is 13.2 Å². The third-order valence-corrected chi connectivity index (χ3v) is 3.13. The smallest absolute Gasteiger partial charge is 0.385 e. The first kappa shape index (κ1) is 15.9. The van der Waals surface area contributed by atoms with Gasteiger partial charge >= 0.3 is 6.18 Å². The number of alkyl halides is 3. The van der Waals surface area contributed by atoms with Crippen molar-refractivity contribution in [3.05, 3.63) is 35.4 Å². The molecule has 3 nitrogen and oxygen atoms in total. The second-order valence-electron chi connectivity index (χ2n) is 4.49. The Balaban J connectivity index is 3.05. The third kappa shape index (κ3) is 4.19.